The van der Waals surface area contributed by atoms with E-state index in [1.165, 1.54) is 6.33 Å². The van der Waals surface area contributed by atoms with E-state index in [4.69, 9.17) is 4.74 Å². The van der Waals surface area contributed by atoms with Crippen molar-refractivity contribution in [3.8, 4) is 5.88 Å². The van der Waals surface area contributed by atoms with E-state index in [1.807, 2.05) is 31.9 Å². The van der Waals surface area contributed by atoms with Crippen molar-refractivity contribution in [2.24, 2.45) is 0 Å². The van der Waals surface area contributed by atoms with Gasteiger partial charge in [0.2, 0.25) is 5.88 Å². The highest BCUT2D eigenvalue weighted by Crippen LogP contribution is 2.17. The number of thiazole rings is 1. The number of hydrogen-bond acceptors (Lipinski definition) is 6. The monoisotopic (exact) mass is 264 g/mol. The quantitative estimate of drug-likeness (QED) is 0.829. The van der Waals surface area contributed by atoms with Crippen LogP contribution in [0.25, 0.3) is 0 Å². The first kappa shape index (κ1) is 12.8. The predicted octanol–water partition coefficient (Wildman–Crippen LogP) is 2.28. The minimum absolute atomic E-state index is 0.601. The van der Waals surface area contributed by atoms with Gasteiger partial charge in [-0.25, -0.2) is 15.0 Å². The molecule has 0 aromatic carbocycles. The van der Waals surface area contributed by atoms with E-state index in [1.54, 1.807) is 11.3 Å². The number of ether oxygens (including phenoxy) is 1. The first-order chi connectivity index (χ1) is 8.69. The summed E-state index contributed by atoms with van der Waals surface area (Å²) in [5, 5.41) is 3.15. The molecule has 18 heavy (non-hydrogen) atoms. The second-order valence-corrected chi connectivity index (χ2v) is 4.92. The molecule has 0 unspecified atom stereocenters. The number of aryl methyl sites for hydroxylation is 1. The SMILES string of the molecule is CCOc1cc(N(C)Cc2csc(C)n2)ncn1. The standard InChI is InChI=1S/C12H16N4OS/c1-4-17-12-5-11(13-8-14-12)16(3)6-10-7-18-9(2)15-10/h5,7-8H,4,6H2,1-3H3. The Bertz CT molecular complexity index is 514. The molecule has 0 saturated carbocycles. The van der Waals surface area contributed by atoms with E-state index in [9.17, 15) is 0 Å². The highest BCUT2D eigenvalue weighted by atomic mass is 32.1. The van der Waals surface area contributed by atoms with Gasteiger partial charge in [-0.3, -0.25) is 0 Å². The van der Waals surface area contributed by atoms with E-state index in [0.29, 0.717) is 12.5 Å². The molecule has 0 N–H and O–H groups in total. The Morgan fingerprint density at radius 1 is 1.39 bits per heavy atom. The number of rotatable bonds is 5. The number of anilines is 1. The van der Waals surface area contributed by atoms with Crippen molar-refractivity contribution in [1.29, 1.82) is 0 Å². The van der Waals surface area contributed by atoms with Crippen molar-refractivity contribution in [3.05, 3.63) is 28.5 Å². The van der Waals surface area contributed by atoms with Crippen LogP contribution in [0, 0.1) is 6.92 Å². The predicted molar refractivity (Wildman–Crippen MR) is 72.2 cm³/mol. The maximum Gasteiger partial charge on any atom is 0.218 e. The topological polar surface area (TPSA) is 51.1 Å². The molecule has 0 aliphatic rings. The molecule has 96 valence electrons. The normalized spacial score (nSPS) is 10.4. The van der Waals surface area contributed by atoms with Gasteiger partial charge in [-0.15, -0.1) is 11.3 Å². The van der Waals surface area contributed by atoms with Gasteiger partial charge in [0.05, 0.1) is 23.9 Å². The minimum Gasteiger partial charge on any atom is -0.478 e. The number of aromatic nitrogens is 3. The fourth-order valence-electron chi connectivity index (χ4n) is 1.57. The molecule has 0 aliphatic carbocycles. The van der Waals surface area contributed by atoms with Gasteiger partial charge in [0.1, 0.15) is 12.1 Å². The number of hydrogen-bond donors (Lipinski definition) is 0. The lowest BCUT2D eigenvalue weighted by Crippen LogP contribution is -2.18. The van der Waals surface area contributed by atoms with Crippen LogP contribution in [-0.2, 0) is 6.54 Å². The van der Waals surface area contributed by atoms with Crippen LogP contribution >= 0.6 is 11.3 Å². The fourth-order valence-corrected chi connectivity index (χ4v) is 2.17. The van der Waals surface area contributed by atoms with Crippen LogP contribution in [-0.4, -0.2) is 28.6 Å². The maximum absolute atomic E-state index is 5.36. The van der Waals surface area contributed by atoms with Gasteiger partial charge in [-0.1, -0.05) is 0 Å². The molecule has 0 amide bonds. The molecule has 2 aromatic rings. The molecule has 0 radical (unpaired) electrons. The largest absolute Gasteiger partial charge is 0.478 e. The Morgan fingerprint density at radius 2 is 2.22 bits per heavy atom. The summed E-state index contributed by atoms with van der Waals surface area (Å²) in [4.78, 5) is 14.7. The Hall–Kier alpha value is -1.69. The second kappa shape index (κ2) is 5.77. The summed E-state index contributed by atoms with van der Waals surface area (Å²) in [5.74, 6) is 1.43. The van der Waals surface area contributed by atoms with Crippen molar-refractivity contribution in [3.63, 3.8) is 0 Å². The zero-order valence-corrected chi connectivity index (χ0v) is 11.6. The molecule has 2 aromatic heterocycles. The van der Waals surface area contributed by atoms with Crippen LogP contribution in [0.5, 0.6) is 5.88 Å². The molecule has 0 saturated heterocycles. The Kier molecular flexibility index (Phi) is 4.09. The Morgan fingerprint density at radius 3 is 2.89 bits per heavy atom. The average Bonchev–Trinajstić information content (AvgIpc) is 2.75. The van der Waals surface area contributed by atoms with E-state index in [2.05, 4.69) is 20.3 Å². The van der Waals surface area contributed by atoms with Gasteiger partial charge >= 0.3 is 0 Å². The van der Waals surface area contributed by atoms with Gasteiger partial charge in [0, 0.05) is 18.5 Å². The lowest BCUT2D eigenvalue weighted by Gasteiger charge is -2.17. The smallest absolute Gasteiger partial charge is 0.218 e. The summed E-state index contributed by atoms with van der Waals surface area (Å²) in [6, 6.07) is 1.84. The summed E-state index contributed by atoms with van der Waals surface area (Å²) in [6.07, 6.45) is 1.52. The fraction of sp³-hybridized carbons (Fsp3) is 0.417. The van der Waals surface area contributed by atoms with Crippen LogP contribution in [0.3, 0.4) is 0 Å². The van der Waals surface area contributed by atoms with Crippen LogP contribution in [0.15, 0.2) is 17.8 Å². The first-order valence-electron chi connectivity index (χ1n) is 5.76. The molecule has 5 nitrogen and oxygen atoms in total. The van der Waals surface area contributed by atoms with Crippen molar-refractivity contribution in [2.45, 2.75) is 20.4 Å². The Labute approximate surface area is 110 Å². The van der Waals surface area contributed by atoms with E-state index < -0.39 is 0 Å². The molecule has 0 fully saturated rings. The van der Waals surface area contributed by atoms with Crippen molar-refractivity contribution >= 4 is 17.2 Å². The third-order valence-corrected chi connectivity index (χ3v) is 3.20. The summed E-state index contributed by atoms with van der Waals surface area (Å²) in [5.41, 5.74) is 1.05. The molecule has 0 aliphatic heterocycles. The highest BCUT2D eigenvalue weighted by molar-refractivity contribution is 7.09. The maximum atomic E-state index is 5.36. The van der Waals surface area contributed by atoms with Gasteiger partial charge < -0.3 is 9.64 Å². The minimum atomic E-state index is 0.601. The average molecular weight is 264 g/mol. The molecule has 0 bridgehead atoms. The summed E-state index contributed by atoms with van der Waals surface area (Å²) < 4.78 is 5.36. The van der Waals surface area contributed by atoms with Gasteiger partial charge in [0.25, 0.3) is 0 Å². The lowest BCUT2D eigenvalue weighted by molar-refractivity contribution is 0.326. The summed E-state index contributed by atoms with van der Waals surface area (Å²) >= 11 is 1.66. The van der Waals surface area contributed by atoms with Gasteiger partial charge in [-0.2, -0.15) is 0 Å². The third kappa shape index (κ3) is 3.16. The van der Waals surface area contributed by atoms with Crippen molar-refractivity contribution in [2.75, 3.05) is 18.6 Å². The van der Waals surface area contributed by atoms with Crippen LogP contribution < -0.4 is 9.64 Å². The van der Waals surface area contributed by atoms with Crippen LogP contribution in [0.2, 0.25) is 0 Å². The lowest BCUT2D eigenvalue weighted by atomic mass is 10.4. The zero-order valence-electron chi connectivity index (χ0n) is 10.8. The first-order valence-corrected chi connectivity index (χ1v) is 6.64. The molecule has 0 spiro atoms. The summed E-state index contributed by atoms with van der Waals surface area (Å²) in [6.45, 7) is 5.27. The van der Waals surface area contributed by atoms with Crippen molar-refractivity contribution in [1.82, 2.24) is 15.0 Å². The second-order valence-electron chi connectivity index (χ2n) is 3.86. The third-order valence-electron chi connectivity index (χ3n) is 2.38. The van der Waals surface area contributed by atoms with E-state index >= 15 is 0 Å². The van der Waals surface area contributed by atoms with E-state index in [0.717, 1.165) is 23.1 Å². The van der Waals surface area contributed by atoms with Gasteiger partial charge in [0.15, 0.2) is 0 Å². The molecule has 0 atom stereocenters. The number of nitrogens with zero attached hydrogens (tertiary/aromatic N) is 4. The van der Waals surface area contributed by atoms with Crippen LogP contribution in [0.1, 0.15) is 17.6 Å². The van der Waals surface area contributed by atoms with Gasteiger partial charge in [-0.05, 0) is 13.8 Å². The molecule has 6 heteroatoms. The van der Waals surface area contributed by atoms with E-state index in [-0.39, 0.29) is 0 Å². The summed E-state index contributed by atoms with van der Waals surface area (Å²) in [7, 11) is 1.98. The molecular weight excluding hydrogens is 248 g/mol. The molecule has 2 heterocycles. The zero-order chi connectivity index (χ0) is 13.0. The highest BCUT2D eigenvalue weighted by Gasteiger charge is 2.07. The van der Waals surface area contributed by atoms with Crippen LogP contribution in [0.4, 0.5) is 5.82 Å². The molecule has 2 rings (SSSR count). The van der Waals surface area contributed by atoms with Crippen molar-refractivity contribution < 1.29 is 4.74 Å². The molecular formula is C12H16N4OS. The Balaban J connectivity index is 2.08.